The van der Waals surface area contributed by atoms with E-state index in [2.05, 4.69) is 41.0 Å². The lowest BCUT2D eigenvalue weighted by molar-refractivity contribution is 0.628. The fourth-order valence-corrected chi connectivity index (χ4v) is 8.00. The average Bonchev–Trinajstić information content (AvgIpc) is 3.68. The van der Waals surface area contributed by atoms with Gasteiger partial charge in [0.25, 0.3) is 0 Å². The number of hydrogen-bond donors (Lipinski definition) is 0. The van der Waals surface area contributed by atoms with E-state index in [1.807, 2.05) is 152 Å². The predicted molar refractivity (Wildman–Crippen MR) is 246 cm³/mol. The van der Waals surface area contributed by atoms with Gasteiger partial charge < -0.3 is 4.57 Å². The summed E-state index contributed by atoms with van der Waals surface area (Å²) >= 11 is 0. The second kappa shape index (κ2) is 15.6. The standard InChI is InChI=1S/C54H34FN7/c55-42-25-15-24-39(32-42)43-30-28-41(54-60-51(37-20-9-3-10-21-37)57-52(61-54)38-22-11-4-12-23-38)34-48(43)62-46-27-14-13-26-44(46)45-33-40(29-31-47(45)62)53-58-49(35-16-5-1-6-17-35)56-50(59-53)36-18-7-2-8-19-36/h1-34H. The number of nitrogens with zero attached hydrogens (tertiary/aromatic N) is 7. The largest absolute Gasteiger partial charge is 0.309 e. The molecule has 3 aromatic heterocycles. The van der Waals surface area contributed by atoms with Crippen LogP contribution < -0.4 is 0 Å². The van der Waals surface area contributed by atoms with Crippen LogP contribution in [0.2, 0.25) is 0 Å². The fourth-order valence-electron chi connectivity index (χ4n) is 8.00. The van der Waals surface area contributed by atoms with E-state index in [9.17, 15) is 0 Å². The molecule has 7 nitrogen and oxygen atoms in total. The van der Waals surface area contributed by atoms with Crippen LogP contribution in [0.25, 0.3) is 107 Å². The lowest BCUT2D eigenvalue weighted by Crippen LogP contribution is -2.02. The molecule has 11 rings (SSSR count). The highest BCUT2D eigenvalue weighted by Gasteiger charge is 2.21. The first kappa shape index (κ1) is 36.6. The van der Waals surface area contributed by atoms with E-state index in [-0.39, 0.29) is 5.82 Å². The summed E-state index contributed by atoms with van der Waals surface area (Å²) in [6.45, 7) is 0. The highest BCUT2D eigenvalue weighted by atomic mass is 19.1. The molecule has 0 saturated carbocycles. The minimum Gasteiger partial charge on any atom is -0.309 e. The summed E-state index contributed by atoms with van der Waals surface area (Å²) < 4.78 is 17.3. The van der Waals surface area contributed by atoms with Crippen molar-refractivity contribution in [3.05, 3.63) is 212 Å². The van der Waals surface area contributed by atoms with Crippen molar-refractivity contribution < 1.29 is 4.39 Å². The monoisotopic (exact) mass is 799 g/mol. The molecule has 62 heavy (non-hydrogen) atoms. The van der Waals surface area contributed by atoms with E-state index in [0.29, 0.717) is 34.9 Å². The van der Waals surface area contributed by atoms with E-state index in [1.54, 1.807) is 12.1 Å². The third-order valence-corrected chi connectivity index (χ3v) is 11.0. The van der Waals surface area contributed by atoms with Gasteiger partial charge >= 0.3 is 0 Å². The number of hydrogen-bond acceptors (Lipinski definition) is 6. The van der Waals surface area contributed by atoms with Crippen LogP contribution in [0, 0.1) is 5.82 Å². The molecule has 8 heteroatoms. The molecule has 3 heterocycles. The third-order valence-electron chi connectivity index (χ3n) is 11.0. The number of aromatic nitrogens is 7. The second-order valence-corrected chi connectivity index (χ2v) is 14.9. The zero-order valence-corrected chi connectivity index (χ0v) is 33.1. The number of para-hydroxylation sites is 1. The molecule has 8 aromatic carbocycles. The van der Waals surface area contributed by atoms with E-state index in [1.165, 1.54) is 6.07 Å². The van der Waals surface area contributed by atoms with Crippen LogP contribution in [0.15, 0.2) is 206 Å². The normalized spacial score (nSPS) is 11.3. The van der Waals surface area contributed by atoms with Gasteiger partial charge in [0.05, 0.1) is 16.7 Å². The van der Waals surface area contributed by atoms with Gasteiger partial charge in [0.1, 0.15) is 5.82 Å². The van der Waals surface area contributed by atoms with E-state index in [0.717, 1.165) is 72.0 Å². The van der Waals surface area contributed by atoms with Crippen molar-refractivity contribution >= 4 is 21.8 Å². The summed E-state index contributed by atoms with van der Waals surface area (Å²) in [5.41, 5.74) is 9.57. The van der Waals surface area contributed by atoms with Gasteiger partial charge in [-0.25, -0.2) is 34.3 Å². The Hall–Kier alpha value is -8.49. The molecule has 292 valence electrons. The molecule has 0 spiro atoms. The van der Waals surface area contributed by atoms with Crippen molar-refractivity contribution in [3.63, 3.8) is 0 Å². The molecular weight excluding hydrogens is 766 g/mol. The lowest BCUT2D eigenvalue weighted by atomic mass is 10.00. The summed E-state index contributed by atoms with van der Waals surface area (Å²) in [6.07, 6.45) is 0. The van der Waals surface area contributed by atoms with Gasteiger partial charge in [0.15, 0.2) is 34.9 Å². The summed E-state index contributed by atoms with van der Waals surface area (Å²) in [4.78, 5) is 30.0. The Bertz CT molecular complexity index is 3290. The zero-order chi connectivity index (χ0) is 41.4. The second-order valence-electron chi connectivity index (χ2n) is 14.9. The van der Waals surface area contributed by atoms with E-state index in [4.69, 9.17) is 29.9 Å². The van der Waals surface area contributed by atoms with Crippen molar-refractivity contribution in [1.29, 1.82) is 0 Å². The summed E-state index contributed by atoms with van der Waals surface area (Å²) in [5, 5.41) is 2.05. The Labute approximate surface area is 356 Å². The summed E-state index contributed by atoms with van der Waals surface area (Å²) in [7, 11) is 0. The van der Waals surface area contributed by atoms with Crippen LogP contribution in [0.1, 0.15) is 0 Å². The molecule has 0 fully saturated rings. The Morgan fingerprint density at radius 1 is 0.290 bits per heavy atom. The smallest absolute Gasteiger partial charge is 0.164 e. The number of halogens is 1. The molecule has 11 aromatic rings. The number of rotatable bonds is 8. The molecule has 0 saturated heterocycles. The molecule has 0 amide bonds. The van der Waals surface area contributed by atoms with Gasteiger partial charge in [0, 0.05) is 49.7 Å². The van der Waals surface area contributed by atoms with Crippen LogP contribution in [0.5, 0.6) is 0 Å². The maximum absolute atomic E-state index is 15.0. The van der Waals surface area contributed by atoms with Gasteiger partial charge in [-0.3, -0.25) is 0 Å². The molecule has 0 radical (unpaired) electrons. The molecule has 0 bridgehead atoms. The SMILES string of the molecule is Fc1cccc(-c2ccc(-c3nc(-c4ccccc4)nc(-c4ccccc4)n3)cc2-n2c3ccccc3c3cc(-c4nc(-c5ccccc5)nc(-c5ccccc5)n4)ccc32)c1. The Kier molecular flexibility index (Phi) is 9.20. The van der Waals surface area contributed by atoms with Crippen molar-refractivity contribution in [2.45, 2.75) is 0 Å². The van der Waals surface area contributed by atoms with Crippen LogP contribution in [-0.4, -0.2) is 34.5 Å². The topological polar surface area (TPSA) is 82.3 Å². The molecular formula is C54H34FN7. The van der Waals surface area contributed by atoms with Crippen LogP contribution in [0.4, 0.5) is 4.39 Å². The molecule has 0 N–H and O–H groups in total. The van der Waals surface area contributed by atoms with Crippen LogP contribution in [0.3, 0.4) is 0 Å². The lowest BCUT2D eigenvalue weighted by Gasteiger charge is -2.16. The fraction of sp³-hybridized carbons (Fsp3) is 0. The zero-order valence-electron chi connectivity index (χ0n) is 33.1. The summed E-state index contributed by atoms with van der Waals surface area (Å²) in [6, 6.07) is 67.3. The minimum atomic E-state index is -0.316. The first-order valence-electron chi connectivity index (χ1n) is 20.3. The number of fused-ring (bicyclic) bond motifs is 3. The molecule has 0 aliphatic carbocycles. The van der Waals surface area contributed by atoms with E-state index < -0.39 is 0 Å². The highest BCUT2D eigenvalue weighted by molar-refractivity contribution is 6.11. The van der Waals surface area contributed by atoms with Gasteiger partial charge in [0.2, 0.25) is 0 Å². The minimum absolute atomic E-state index is 0.316. The van der Waals surface area contributed by atoms with Gasteiger partial charge in [-0.2, -0.15) is 0 Å². The Balaban J connectivity index is 1.13. The predicted octanol–water partition coefficient (Wildman–Crippen LogP) is 13.0. The van der Waals surface area contributed by atoms with Crippen LogP contribution >= 0.6 is 0 Å². The van der Waals surface area contributed by atoms with Gasteiger partial charge in [-0.15, -0.1) is 0 Å². The van der Waals surface area contributed by atoms with Gasteiger partial charge in [-0.05, 0) is 48.0 Å². The van der Waals surface area contributed by atoms with Crippen LogP contribution in [-0.2, 0) is 0 Å². The maximum atomic E-state index is 15.0. The Morgan fingerprint density at radius 2 is 0.694 bits per heavy atom. The average molecular weight is 800 g/mol. The van der Waals surface area contributed by atoms with Crippen molar-refractivity contribution in [1.82, 2.24) is 34.5 Å². The maximum Gasteiger partial charge on any atom is 0.164 e. The first-order valence-corrected chi connectivity index (χ1v) is 20.3. The van der Waals surface area contributed by atoms with Crippen molar-refractivity contribution in [3.8, 4) is 85.1 Å². The van der Waals surface area contributed by atoms with Gasteiger partial charge in [-0.1, -0.05) is 164 Å². The number of benzene rings is 8. The molecule has 0 unspecified atom stereocenters. The Morgan fingerprint density at radius 3 is 1.19 bits per heavy atom. The van der Waals surface area contributed by atoms with Crippen molar-refractivity contribution in [2.75, 3.05) is 0 Å². The van der Waals surface area contributed by atoms with Crippen molar-refractivity contribution in [2.24, 2.45) is 0 Å². The summed E-state index contributed by atoms with van der Waals surface area (Å²) in [5.74, 6) is 3.10. The van der Waals surface area contributed by atoms with E-state index >= 15 is 4.39 Å². The quantitative estimate of drug-likeness (QED) is 0.152. The molecule has 0 aliphatic rings. The first-order chi connectivity index (χ1) is 30.6. The highest BCUT2D eigenvalue weighted by Crippen LogP contribution is 2.40. The molecule has 0 atom stereocenters. The third kappa shape index (κ3) is 6.85. The molecule has 0 aliphatic heterocycles.